The highest BCUT2D eigenvalue weighted by atomic mass is 32.2. The molecule has 5 nitrogen and oxygen atoms in total. The van der Waals surface area contributed by atoms with E-state index in [1.807, 2.05) is 13.0 Å². The van der Waals surface area contributed by atoms with Crippen LogP contribution in [0.3, 0.4) is 0 Å². The van der Waals surface area contributed by atoms with Crippen LogP contribution in [0.1, 0.15) is 19.4 Å². The van der Waals surface area contributed by atoms with E-state index in [9.17, 15) is 15.2 Å². The van der Waals surface area contributed by atoms with Crippen molar-refractivity contribution in [3.05, 3.63) is 33.9 Å². The molecule has 0 fully saturated rings. The van der Waals surface area contributed by atoms with Crippen LogP contribution in [0.4, 0.5) is 11.4 Å². The fraction of sp³-hybridized carbons (Fsp3) is 0.500. The van der Waals surface area contributed by atoms with Gasteiger partial charge in [-0.25, -0.2) is 0 Å². The largest absolute Gasteiger partial charge is 0.392 e. The molecule has 0 radical (unpaired) electrons. The first-order chi connectivity index (χ1) is 8.45. The van der Waals surface area contributed by atoms with E-state index in [-0.39, 0.29) is 17.0 Å². The molecule has 0 heterocycles. The number of thioether (sulfide) groups is 1. The van der Waals surface area contributed by atoms with Crippen LogP contribution in [0.25, 0.3) is 0 Å². The SMILES string of the molecule is CNc1ccc(CSC(C)C(C)O)cc1[N+](=O)[O-]. The van der Waals surface area contributed by atoms with Gasteiger partial charge in [0.2, 0.25) is 0 Å². The van der Waals surface area contributed by atoms with Gasteiger partial charge in [-0.05, 0) is 18.6 Å². The number of anilines is 1. The predicted molar refractivity (Wildman–Crippen MR) is 75.1 cm³/mol. The number of benzene rings is 1. The molecule has 0 bridgehead atoms. The Morgan fingerprint density at radius 2 is 2.17 bits per heavy atom. The van der Waals surface area contributed by atoms with E-state index in [0.717, 1.165) is 5.56 Å². The van der Waals surface area contributed by atoms with E-state index in [1.54, 1.807) is 37.9 Å². The molecule has 0 aromatic heterocycles. The number of nitro benzene ring substituents is 1. The van der Waals surface area contributed by atoms with Gasteiger partial charge in [-0.15, -0.1) is 0 Å². The summed E-state index contributed by atoms with van der Waals surface area (Å²) in [6.45, 7) is 3.68. The van der Waals surface area contributed by atoms with Crippen molar-refractivity contribution in [2.24, 2.45) is 0 Å². The first kappa shape index (κ1) is 14.8. The smallest absolute Gasteiger partial charge is 0.292 e. The van der Waals surface area contributed by atoms with Gasteiger partial charge in [0.1, 0.15) is 5.69 Å². The fourth-order valence-corrected chi connectivity index (χ4v) is 2.31. The summed E-state index contributed by atoms with van der Waals surface area (Å²) in [6, 6.07) is 5.15. The van der Waals surface area contributed by atoms with Gasteiger partial charge >= 0.3 is 0 Å². The van der Waals surface area contributed by atoms with Gasteiger partial charge in [0.05, 0.1) is 11.0 Å². The Bertz CT molecular complexity index is 424. The van der Waals surface area contributed by atoms with Crippen molar-refractivity contribution in [3.63, 3.8) is 0 Å². The van der Waals surface area contributed by atoms with Crippen molar-refractivity contribution < 1.29 is 10.0 Å². The number of aliphatic hydroxyl groups excluding tert-OH is 1. The van der Waals surface area contributed by atoms with Crippen LogP contribution in [-0.2, 0) is 5.75 Å². The van der Waals surface area contributed by atoms with E-state index >= 15 is 0 Å². The second kappa shape index (κ2) is 6.61. The van der Waals surface area contributed by atoms with E-state index in [1.165, 1.54) is 0 Å². The number of nitrogens with zero attached hydrogens (tertiary/aromatic N) is 1. The first-order valence-corrected chi connectivity index (χ1v) is 6.75. The summed E-state index contributed by atoms with van der Waals surface area (Å²) >= 11 is 1.58. The molecule has 0 aliphatic heterocycles. The highest BCUT2D eigenvalue weighted by Crippen LogP contribution is 2.28. The zero-order valence-corrected chi connectivity index (χ0v) is 11.5. The van der Waals surface area contributed by atoms with Crippen LogP contribution in [0.5, 0.6) is 0 Å². The molecule has 1 rings (SSSR count). The molecule has 0 aliphatic carbocycles. The number of hydrogen-bond acceptors (Lipinski definition) is 5. The summed E-state index contributed by atoms with van der Waals surface area (Å²) in [6.07, 6.45) is -0.387. The standard InChI is InChI=1S/C12H18N2O3S/c1-8(15)9(2)18-7-10-4-5-11(13-3)12(6-10)14(16)17/h4-6,8-9,13,15H,7H2,1-3H3. The van der Waals surface area contributed by atoms with Gasteiger partial charge in [0.15, 0.2) is 0 Å². The topological polar surface area (TPSA) is 75.4 Å². The minimum Gasteiger partial charge on any atom is -0.392 e. The van der Waals surface area contributed by atoms with Crippen molar-refractivity contribution >= 4 is 23.1 Å². The van der Waals surface area contributed by atoms with Crippen LogP contribution in [0, 0.1) is 10.1 Å². The summed E-state index contributed by atoms with van der Waals surface area (Å²) < 4.78 is 0. The molecule has 0 saturated carbocycles. The highest BCUT2D eigenvalue weighted by molar-refractivity contribution is 7.99. The molecule has 2 unspecified atom stereocenters. The van der Waals surface area contributed by atoms with E-state index < -0.39 is 4.92 Å². The maximum atomic E-state index is 10.9. The summed E-state index contributed by atoms with van der Waals surface area (Å²) in [5.74, 6) is 0.650. The minimum atomic E-state index is -0.391. The third-order valence-corrected chi connectivity index (χ3v) is 4.14. The van der Waals surface area contributed by atoms with Gasteiger partial charge < -0.3 is 10.4 Å². The molecule has 18 heavy (non-hydrogen) atoms. The van der Waals surface area contributed by atoms with Crippen LogP contribution in [-0.4, -0.2) is 28.4 Å². The molecule has 2 N–H and O–H groups in total. The van der Waals surface area contributed by atoms with Gasteiger partial charge in [-0.3, -0.25) is 10.1 Å². The quantitative estimate of drug-likeness (QED) is 0.614. The normalized spacial score (nSPS) is 14.0. The van der Waals surface area contributed by atoms with Crippen molar-refractivity contribution in [2.75, 3.05) is 12.4 Å². The number of aliphatic hydroxyl groups is 1. The lowest BCUT2D eigenvalue weighted by atomic mass is 10.2. The third-order valence-electron chi connectivity index (χ3n) is 2.72. The molecule has 100 valence electrons. The Hall–Kier alpha value is -1.27. The Labute approximate surface area is 111 Å². The molecule has 1 aromatic rings. The van der Waals surface area contributed by atoms with Crippen LogP contribution >= 0.6 is 11.8 Å². The third kappa shape index (κ3) is 3.89. The average Bonchev–Trinajstić information content (AvgIpc) is 2.35. The number of rotatable bonds is 6. The maximum absolute atomic E-state index is 10.9. The number of nitro groups is 1. The monoisotopic (exact) mass is 270 g/mol. The number of hydrogen-bond donors (Lipinski definition) is 2. The molecule has 1 aromatic carbocycles. The molecule has 0 amide bonds. The van der Waals surface area contributed by atoms with E-state index in [2.05, 4.69) is 5.32 Å². The van der Waals surface area contributed by atoms with Gasteiger partial charge in [0.25, 0.3) is 5.69 Å². The van der Waals surface area contributed by atoms with Crippen LogP contribution < -0.4 is 5.32 Å². The molecule has 0 spiro atoms. The predicted octanol–water partition coefficient (Wildman–Crippen LogP) is 2.64. The van der Waals surface area contributed by atoms with E-state index in [4.69, 9.17) is 0 Å². The second-order valence-electron chi connectivity index (χ2n) is 4.12. The lowest BCUT2D eigenvalue weighted by Crippen LogP contribution is -2.15. The fourth-order valence-electron chi connectivity index (χ4n) is 1.40. The van der Waals surface area contributed by atoms with Crippen molar-refractivity contribution in [3.8, 4) is 0 Å². The zero-order valence-electron chi connectivity index (χ0n) is 10.7. The molecule has 6 heteroatoms. The summed E-state index contributed by atoms with van der Waals surface area (Å²) in [5.41, 5.74) is 1.48. The lowest BCUT2D eigenvalue weighted by Gasteiger charge is -2.14. The lowest BCUT2D eigenvalue weighted by molar-refractivity contribution is -0.384. The maximum Gasteiger partial charge on any atom is 0.292 e. The van der Waals surface area contributed by atoms with Crippen molar-refractivity contribution in [1.29, 1.82) is 0 Å². The molecule has 2 atom stereocenters. The Kier molecular flexibility index (Phi) is 5.43. The zero-order chi connectivity index (χ0) is 13.7. The number of nitrogens with one attached hydrogen (secondary N) is 1. The Morgan fingerprint density at radius 3 is 2.67 bits per heavy atom. The first-order valence-electron chi connectivity index (χ1n) is 5.70. The average molecular weight is 270 g/mol. The summed E-state index contributed by atoms with van der Waals surface area (Å²) in [5, 5.41) is 23.2. The molecular weight excluding hydrogens is 252 g/mol. The molecule has 0 aliphatic rings. The van der Waals surface area contributed by atoms with Gasteiger partial charge in [-0.1, -0.05) is 13.0 Å². The van der Waals surface area contributed by atoms with Crippen molar-refractivity contribution in [1.82, 2.24) is 0 Å². The second-order valence-corrected chi connectivity index (χ2v) is 5.48. The molecule has 0 saturated heterocycles. The summed E-state index contributed by atoms with van der Waals surface area (Å²) in [7, 11) is 1.66. The summed E-state index contributed by atoms with van der Waals surface area (Å²) in [4.78, 5) is 10.5. The highest BCUT2D eigenvalue weighted by Gasteiger charge is 2.15. The Morgan fingerprint density at radius 1 is 1.50 bits per heavy atom. The molecular formula is C12H18N2O3S. The van der Waals surface area contributed by atoms with Crippen LogP contribution in [0.15, 0.2) is 18.2 Å². The van der Waals surface area contributed by atoms with Crippen molar-refractivity contribution in [2.45, 2.75) is 31.0 Å². The van der Waals surface area contributed by atoms with E-state index in [0.29, 0.717) is 11.4 Å². The minimum absolute atomic E-state index is 0.0836. The van der Waals surface area contributed by atoms with Crippen LogP contribution in [0.2, 0.25) is 0 Å². The van der Waals surface area contributed by atoms with Gasteiger partial charge in [-0.2, -0.15) is 11.8 Å². The Balaban J connectivity index is 2.79. The van der Waals surface area contributed by atoms with Gasteiger partial charge in [0, 0.05) is 24.1 Å².